The van der Waals surface area contributed by atoms with Gasteiger partial charge in [0.15, 0.2) is 5.13 Å². The Hall–Kier alpha value is -2.28. The molecule has 1 heterocycles. The van der Waals surface area contributed by atoms with Gasteiger partial charge in [-0.2, -0.15) is 0 Å². The van der Waals surface area contributed by atoms with E-state index < -0.39 is 4.92 Å². The number of nitro groups is 1. The van der Waals surface area contributed by atoms with Crippen LogP contribution in [0.2, 0.25) is 0 Å². The van der Waals surface area contributed by atoms with Gasteiger partial charge < -0.3 is 5.32 Å². The smallest absolute Gasteiger partial charge is 0.301 e. The Morgan fingerprint density at radius 1 is 1.30 bits per heavy atom. The fourth-order valence-corrected chi connectivity index (χ4v) is 2.82. The van der Waals surface area contributed by atoms with E-state index in [1.807, 2.05) is 24.3 Å². The van der Waals surface area contributed by atoms with Gasteiger partial charge in [0.25, 0.3) is 0 Å². The number of hydrogen-bond acceptors (Lipinski definition) is 5. The van der Waals surface area contributed by atoms with E-state index >= 15 is 0 Å². The Kier molecular flexibility index (Phi) is 5.44. The highest BCUT2D eigenvalue weighted by Gasteiger charge is 2.18. The summed E-state index contributed by atoms with van der Waals surface area (Å²) in [5, 5.41) is 13.4. The second-order valence-electron chi connectivity index (χ2n) is 5.81. The summed E-state index contributed by atoms with van der Waals surface area (Å²) in [7, 11) is 0. The molecule has 0 aliphatic rings. The summed E-state index contributed by atoms with van der Waals surface area (Å²) < 4.78 is 0. The Balaban J connectivity index is 2.02. The van der Waals surface area contributed by atoms with Crippen LogP contribution < -0.4 is 5.32 Å². The van der Waals surface area contributed by atoms with Crippen molar-refractivity contribution in [2.24, 2.45) is 5.92 Å². The van der Waals surface area contributed by atoms with Gasteiger partial charge in [-0.05, 0) is 41.7 Å². The number of thiazole rings is 1. The average molecular weight is 333 g/mol. The van der Waals surface area contributed by atoms with Crippen molar-refractivity contribution < 1.29 is 9.72 Å². The van der Waals surface area contributed by atoms with Crippen molar-refractivity contribution in [3.05, 3.63) is 51.7 Å². The monoisotopic (exact) mass is 333 g/mol. The molecule has 0 aliphatic heterocycles. The van der Waals surface area contributed by atoms with Crippen LogP contribution in [0, 0.1) is 16.0 Å². The Labute approximate surface area is 138 Å². The molecule has 1 N–H and O–H groups in total. The van der Waals surface area contributed by atoms with Gasteiger partial charge >= 0.3 is 5.00 Å². The number of benzene rings is 1. The quantitative estimate of drug-likeness (QED) is 0.640. The summed E-state index contributed by atoms with van der Waals surface area (Å²) in [6, 6.07) is 7.97. The maximum absolute atomic E-state index is 12.2. The molecule has 1 aromatic heterocycles. The number of hydrogen-bond donors (Lipinski definition) is 1. The summed E-state index contributed by atoms with van der Waals surface area (Å²) in [4.78, 5) is 26.2. The van der Waals surface area contributed by atoms with Crippen LogP contribution in [-0.4, -0.2) is 15.8 Å². The van der Waals surface area contributed by atoms with E-state index in [1.54, 1.807) is 6.92 Å². The highest BCUT2D eigenvalue weighted by molar-refractivity contribution is 7.18. The zero-order chi connectivity index (χ0) is 17.0. The Morgan fingerprint density at radius 2 is 1.96 bits per heavy atom. The molecule has 0 bridgehead atoms. The lowest BCUT2D eigenvalue weighted by atomic mass is 9.96. The predicted molar refractivity (Wildman–Crippen MR) is 90.8 cm³/mol. The predicted octanol–water partition coefficient (Wildman–Crippen LogP) is 3.99. The van der Waals surface area contributed by atoms with Crippen molar-refractivity contribution in [1.29, 1.82) is 0 Å². The van der Waals surface area contributed by atoms with Gasteiger partial charge in [0, 0.05) is 0 Å². The largest absolute Gasteiger partial charge is 0.345 e. The van der Waals surface area contributed by atoms with Gasteiger partial charge in [0.2, 0.25) is 5.91 Å². The van der Waals surface area contributed by atoms with E-state index in [2.05, 4.69) is 24.1 Å². The van der Waals surface area contributed by atoms with Crippen molar-refractivity contribution in [2.75, 3.05) is 5.32 Å². The van der Waals surface area contributed by atoms with Crippen molar-refractivity contribution in [3.63, 3.8) is 0 Å². The first-order valence-corrected chi connectivity index (χ1v) is 8.18. The number of nitrogens with zero attached hydrogens (tertiary/aromatic N) is 2. The van der Waals surface area contributed by atoms with Crippen LogP contribution in [-0.2, 0) is 11.2 Å². The number of aromatic nitrogens is 1. The molecule has 1 unspecified atom stereocenters. The number of nitrogens with one attached hydrogen (secondary N) is 1. The number of rotatable bonds is 6. The van der Waals surface area contributed by atoms with Gasteiger partial charge in [-0.15, -0.1) is 0 Å². The van der Waals surface area contributed by atoms with Crippen molar-refractivity contribution >= 4 is 27.4 Å². The van der Waals surface area contributed by atoms with Crippen molar-refractivity contribution in [1.82, 2.24) is 4.98 Å². The standard InChI is InChI=1S/C16H19N3O3S/c1-10(2)8-12-4-6-13(7-5-12)11(3)15(20)18-16-17-9-14(23-16)19(21)22/h4-7,9-11H,8H2,1-3H3,(H,17,18,20). The van der Waals surface area contributed by atoms with Crippen LogP contribution in [0.15, 0.2) is 30.5 Å². The van der Waals surface area contributed by atoms with Crippen LogP contribution in [0.25, 0.3) is 0 Å². The number of carbonyl (C=O) groups is 1. The third-order valence-electron chi connectivity index (χ3n) is 3.42. The molecule has 2 rings (SSSR count). The summed E-state index contributed by atoms with van der Waals surface area (Å²) in [6.07, 6.45) is 2.15. The normalized spacial score (nSPS) is 12.2. The van der Waals surface area contributed by atoms with Crippen LogP contribution in [0.4, 0.5) is 10.1 Å². The summed E-state index contributed by atoms with van der Waals surface area (Å²) in [5.41, 5.74) is 2.15. The highest BCUT2D eigenvalue weighted by Crippen LogP contribution is 2.26. The van der Waals surface area contributed by atoms with E-state index in [0.717, 1.165) is 29.5 Å². The molecular weight excluding hydrogens is 314 g/mol. The Bertz CT molecular complexity index is 695. The minimum absolute atomic E-state index is 0.0917. The second-order valence-corrected chi connectivity index (χ2v) is 6.82. The summed E-state index contributed by atoms with van der Waals surface area (Å²) in [5.74, 6) is -0.000760. The summed E-state index contributed by atoms with van der Waals surface area (Å²) >= 11 is 0.849. The van der Waals surface area contributed by atoms with Gasteiger partial charge in [0.05, 0.1) is 10.8 Å². The average Bonchev–Trinajstić information content (AvgIpc) is 2.95. The maximum Gasteiger partial charge on any atom is 0.345 e. The van der Waals surface area contributed by atoms with Crippen LogP contribution in [0.3, 0.4) is 0 Å². The first-order valence-electron chi connectivity index (χ1n) is 7.36. The Morgan fingerprint density at radius 3 is 2.48 bits per heavy atom. The zero-order valence-corrected chi connectivity index (χ0v) is 14.1. The molecule has 0 radical (unpaired) electrons. The van der Waals surface area contributed by atoms with Crippen LogP contribution in [0.1, 0.15) is 37.8 Å². The highest BCUT2D eigenvalue weighted by atomic mass is 32.1. The van der Waals surface area contributed by atoms with Gasteiger partial charge in [-0.1, -0.05) is 38.1 Å². The third kappa shape index (κ3) is 4.59. The SMILES string of the molecule is CC(C)Cc1ccc(C(C)C(=O)Nc2ncc([N+](=O)[O-])s2)cc1. The minimum Gasteiger partial charge on any atom is -0.301 e. The van der Waals surface area contributed by atoms with E-state index in [-0.39, 0.29) is 22.0 Å². The molecule has 2 aromatic rings. The van der Waals surface area contributed by atoms with E-state index in [0.29, 0.717) is 5.92 Å². The van der Waals surface area contributed by atoms with Gasteiger partial charge in [0.1, 0.15) is 6.20 Å². The number of anilines is 1. The fourth-order valence-electron chi connectivity index (χ4n) is 2.19. The van der Waals surface area contributed by atoms with E-state index in [4.69, 9.17) is 0 Å². The number of carbonyl (C=O) groups excluding carboxylic acids is 1. The third-order valence-corrected chi connectivity index (χ3v) is 4.28. The van der Waals surface area contributed by atoms with Crippen molar-refractivity contribution in [3.8, 4) is 0 Å². The molecule has 7 heteroatoms. The topological polar surface area (TPSA) is 85.1 Å². The first-order chi connectivity index (χ1) is 10.9. The lowest BCUT2D eigenvalue weighted by Gasteiger charge is -2.12. The molecule has 1 atom stereocenters. The van der Waals surface area contributed by atoms with E-state index in [9.17, 15) is 14.9 Å². The molecule has 122 valence electrons. The van der Waals surface area contributed by atoms with Gasteiger partial charge in [-0.25, -0.2) is 4.98 Å². The van der Waals surface area contributed by atoms with Gasteiger partial charge in [-0.3, -0.25) is 14.9 Å². The lowest BCUT2D eigenvalue weighted by molar-refractivity contribution is -0.380. The second kappa shape index (κ2) is 7.32. The molecule has 0 saturated heterocycles. The molecule has 0 fully saturated rings. The maximum atomic E-state index is 12.2. The summed E-state index contributed by atoms with van der Waals surface area (Å²) in [6.45, 7) is 6.13. The molecule has 1 amide bonds. The molecule has 0 saturated carbocycles. The zero-order valence-electron chi connectivity index (χ0n) is 13.3. The van der Waals surface area contributed by atoms with Crippen LogP contribution in [0.5, 0.6) is 0 Å². The molecule has 23 heavy (non-hydrogen) atoms. The van der Waals surface area contributed by atoms with E-state index in [1.165, 1.54) is 5.56 Å². The molecule has 1 aromatic carbocycles. The fraction of sp³-hybridized carbons (Fsp3) is 0.375. The molecule has 6 nitrogen and oxygen atoms in total. The first kappa shape index (κ1) is 17.1. The molecule has 0 aliphatic carbocycles. The lowest BCUT2D eigenvalue weighted by Crippen LogP contribution is -2.18. The minimum atomic E-state index is -0.524. The number of amides is 1. The van der Waals surface area contributed by atoms with Crippen molar-refractivity contribution in [2.45, 2.75) is 33.1 Å². The molecule has 0 spiro atoms. The van der Waals surface area contributed by atoms with Crippen LogP contribution >= 0.6 is 11.3 Å². The molecular formula is C16H19N3O3S.